The SMILES string of the molecule is Cc1cccc(C)c1NC(=S)Nc1ccnn1C1CCCCC1. The number of nitrogens with one attached hydrogen (secondary N) is 2. The number of para-hydroxylation sites is 1. The molecule has 0 saturated heterocycles. The average molecular weight is 328 g/mol. The lowest BCUT2D eigenvalue weighted by Crippen LogP contribution is -2.24. The topological polar surface area (TPSA) is 41.9 Å². The minimum atomic E-state index is 0.490. The second-order valence-electron chi connectivity index (χ2n) is 6.30. The van der Waals surface area contributed by atoms with E-state index in [4.69, 9.17) is 12.2 Å². The van der Waals surface area contributed by atoms with E-state index >= 15 is 0 Å². The third kappa shape index (κ3) is 3.72. The number of benzene rings is 1. The summed E-state index contributed by atoms with van der Waals surface area (Å²) < 4.78 is 2.10. The quantitative estimate of drug-likeness (QED) is 0.793. The van der Waals surface area contributed by atoms with Gasteiger partial charge in [0.2, 0.25) is 0 Å². The van der Waals surface area contributed by atoms with Crippen LogP contribution in [0.5, 0.6) is 0 Å². The first-order valence-corrected chi connectivity index (χ1v) is 8.73. The van der Waals surface area contributed by atoms with Crippen LogP contribution in [-0.2, 0) is 0 Å². The number of thiocarbonyl (C=S) groups is 1. The predicted octanol–water partition coefficient (Wildman–Crippen LogP) is 4.81. The maximum atomic E-state index is 5.50. The molecular weight excluding hydrogens is 304 g/mol. The zero-order valence-electron chi connectivity index (χ0n) is 13.8. The molecule has 2 aromatic rings. The number of nitrogens with zero attached hydrogens (tertiary/aromatic N) is 2. The molecule has 0 radical (unpaired) electrons. The van der Waals surface area contributed by atoms with Crippen molar-refractivity contribution < 1.29 is 0 Å². The van der Waals surface area contributed by atoms with Gasteiger partial charge in [-0.15, -0.1) is 0 Å². The Morgan fingerprint density at radius 2 is 1.78 bits per heavy atom. The lowest BCUT2D eigenvalue weighted by Gasteiger charge is -2.24. The van der Waals surface area contributed by atoms with Gasteiger partial charge in [-0.2, -0.15) is 5.10 Å². The van der Waals surface area contributed by atoms with Crippen molar-refractivity contribution in [2.45, 2.75) is 52.0 Å². The fourth-order valence-electron chi connectivity index (χ4n) is 3.30. The fourth-order valence-corrected chi connectivity index (χ4v) is 3.51. The molecule has 0 unspecified atom stereocenters. The standard InChI is InChI=1S/C18H24N4S/c1-13-7-6-8-14(2)17(13)21-18(23)20-16-11-12-19-22(16)15-9-4-3-5-10-15/h6-8,11-12,15H,3-5,9-10H2,1-2H3,(H2,20,21,23). The zero-order chi connectivity index (χ0) is 16.2. The van der Waals surface area contributed by atoms with Gasteiger partial charge < -0.3 is 10.6 Å². The molecule has 1 heterocycles. The van der Waals surface area contributed by atoms with E-state index in [1.807, 2.05) is 12.3 Å². The summed E-state index contributed by atoms with van der Waals surface area (Å²) in [6, 6.07) is 8.72. The van der Waals surface area contributed by atoms with Gasteiger partial charge in [0.05, 0.1) is 12.2 Å². The average Bonchev–Trinajstić information content (AvgIpc) is 3.00. The minimum absolute atomic E-state index is 0.490. The molecule has 0 bridgehead atoms. The normalized spacial score (nSPS) is 15.4. The van der Waals surface area contributed by atoms with Crippen LogP contribution in [0.1, 0.15) is 49.3 Å². The number of aromatic nitrogens is 2. The highest BCUT2D eigenvalue weighted by molar-refractivity contribution is 7.80. The number of anilines is 2. The summed E-state index contributed by atoms with van der Waals surface area (Å²) in [6.07, 6.45) is 8.16. The molecule has 1 aromatic carbocycles. The smallest absolute Gasteiger partial charge is 0.176 e. The molecular formula is C18H24N4S. The maximum Gasteiger partial charge on any atom is 0.176 e. The Labute approximate surface area is 143 Å². The minimum Gasteiger partial charge on any atom is -0.332 e. The first kappa shape index (κ1) is 16.0. The molecule has 1 aromatic heterocycles. The Kier molecular flexibility index (Phi) is 4.96. The molecule has 1 fully saturated rings. The van der Waals surface area contributed by atoms with Crippen molar-refractivity contribution in [3.8, 4) is 0 Å². The van der Waals surface area contributed by atoms with Crippen LogP contribution in [0.25, 0.3) is 0 Å². The van der Waals surface area contributed by atoms with E-state index in [0.717, 1.165) is 11.5 Å². The predicted molar refractivity (Wildman–Crippen MR) is 100 cm³/mol. The molecule has 0 spiro atoms. The molecule has 0 aliphatic heterocycles. The lowest BCUT2D eigenvalue weighted by molar-refractivity contribution is 0.333. The van der Waals surface area contributed by atoms with Gasteiger partial charge in [-0.1, -0.05) is 37.5 Å². The van der Waals surface area contributed by atoms with Gasteiger partial charge in [0.1, 0.15) is 5.82 Å². The van der Waals surface area contributed by atoms with Gasteiger partial charge in [0, 0.05) is 11.8 Å². The van der Waals surface area contributed by atoms with Crippen LogP contribution >= 0.6 is 12.2 Å². The highest BCUT2D eigenvalue weighted by Gasteiger charge is 2.18. The Morgan fingerprint density at radius 3 is 2.48 bits per heavy atom. The van der Waals surface area contributed by atoms with Gasteiger partial charge in [-0.05, 0) is 50.0 Å². The summed E-state index contributed by atoms with van der Waals surface area (Å²) in [4.78, 5) is 0. The molecule has 1 aliphatic carbocycles. The van der Waals surface area contributed by atoms with Crippen LogP contribution in [0.4, 0.5) is 11.5 Å². The molecule has 2 N–H and O–H groups in total. The first-order valence-electron chi connectivity index (χ1n) is 8.33. The fraction of sp³-hybridized carbons (Fsp3) is 0.444. The van der Waals surface area contributed by atoms with E-state index in [1.54, 1.807) is 0 Å². The summed E-state index contributed by atoms with van der Waals surface area (Å²) in [5, 5.41) is 11.8. The Hall–Kier alpha value is -1.88. The van der Waals surface area contributed by atoms with Crippen molar-refractivity contribution in [1.82, 2.24) is 9.78 Å². The second kappa shape index (κ2) is 7.13. The molecule has 0 amide bonds. The number of rotatable bonds is 3. The van der Waals surface area contributed by atoms with Crippen LogP contribution in [0.15, 0.2) is 30.5 Å². The van der Waals surface area contributed by atoms with Gasteiger partial charge in [-0.3, -0.25) is 0 Å². The monoisotopic (exact) mass is 328 g/mol. The number of hydrogen-bond acceptors (Lipinski definition) is 2. The van der Waals surface area contributed by atoms with Crippen LogP contribution in [-0.4, -0.2) is 14.9 Å². The molecule has 3 rings (SSSR count). The Morgan fingerprint density at radius 1 is 1.09 bits per heavy atom. The maximum absolute atomic E-state index is 5.50. The highest BCUT2D eigenvalue weighted by atomic mass is 32.1. The van der Waals surface area contributed by atoms with Crippen molar-refractivity contribution in [2.24, 2.45) is 0 Å². The third-order valence-corrected chi connectivity index (χ3v) is 4.76. The van der Waals surface area contributed by atoms with Crippen molar-refractivity contribution >= 4 is 28.8 Å². The molecule has 0 atom stereocenters. The second-order valence-corrected chi connectivity index (χ2v) is 6.71. The Balaban J connectivity index is 1.70. The van der Waals surface area contributed by atoms with Crippen molar-refractivity contribution in [2.75, 3.05) is 10.6 Å². The molecule has 4 nitrogen and oxygen atoms in total. The summed E-state index contributed by atoms with van der Waals surface area (Å²) in [6.45, 7) is 4.18. The van der Waals surface area contributed by atoms with Crippen LogP contribution in [0.3, 0.4) is 0 Å². The molecule has 122 valence electrons. The van der Waals surface area contributed by atoms with Crippen molar-refractivity contribution in [1.29, 1.82) is 0 Å². The number of aryl methyl sites for hydroxylation is 2. The molecule has 1 saturated carbocycles. The lowest BCUT2D eigenvalue weighted by atomic mass is 9.96. The van der Waals surface area contributed by atoms with Gasteiger partial charge in [0.25, 0.3) is 0 Å². The Bertz CT molecular complexity index is 666. The largest absolute Gasteiger partial charge is 0.332 e. The van der Waals surface area contributed by atoms with E-state index < -0.39 is 0 Å². The van der Waals surface area contributed by atoms with E-state index in [0.29, 0.717) is 11.2 Å². The first-order chi connectivity index (χ1) is 11.1. The van der Waals surface area contributed by atoms with Crippen molar-refractivity contribution in [3.63, 3.8) is 0 Å². The molecule has 1 aliphatic rings. The van der Waals surface area contributed by atoms with Gasteiger partial charge in [0.15, 0.2) is 5.11 Å². The third-order valence-electron chi connectivity index (χ3n) is 4.55. The van der Waals surface area contributed by atoms with Gasteiger partial charge in [-0.25, -0.2) is 4.68 Å². The van der Waals surface area contributed by atoms with Crippen LogP contribution in [0.2, 0.25) is 0 Å². The van der Waals surface area contributed by atoms with Crippen LogP contribution in [0, 0.1) is 13.8 Å². The zero-order valence-corrected chi connectivity index (χ0v) is 14.6. The highest BCUT2D eigenvalue weighted by Crippen LogP contribution is 2.30. The summed E-state index contributed by atoms with van der Waals surface area (Å²) in [5.41, 5.74) is 3.46. The molecule has 5 heteroatoms. The van der Waals surface area contributed by atoms with Crippen molar-refractivity contribution in [3.05, 3.63) is 41.6 Å². The number of hydrogen-bond donors (Lipinski definition) is 2. The summed E-state index contributed by atoms with van der Waals surface area (Å²) >= 11 is 5.50. The van der Waals surface area contributed by atoms with Crippen LogP contribution < -0.4 is 10.6 Å². The van der Waals surface area contributed by atoms with E-state index in [-0.39, 0.29) is 0 Å². The van der Waals surface area contributed by atoms with E-state index in [9.17, 15) is 0 Å². The van der Waals surface area contributed by atoms with E-state index in [1.165, 1.54) is 43.2 Å². The molecule has 23 heavy (non-hydrogen) atoms. The summed E-state index contributed by atoms with van der Waals surface area (Å²) in [5.74, 6) is 0.973. The summed E-state index contributed by atoms with van der Waals surface area (Å²) in [7, 11) is 0. The van der Waals surface area contributed by atoms with Gasteiger partial charge >= 0.3 is 0 Å². The van der Waals surface area contributed by atoms with E-state index in [2.05, 4.69) is 52.5 Å².